The molecular weight excluding hydrogens is 438 g/mol. The van der Waals surface area contributed by atoms with Gasteiger partial charge in [0.2, 0.25) is 0 Å². The fourth-order valence-electron chi connectivity index (χ4n) is 2.12. The van der Waals surface area contributed by atoms with E-state index >= 15 is 0 Å². The summed E-state index contributed by atoms with van der Waals surface area (Å²) in [5.41, 5.74) is 3.35. The topological polar surface area (TPSA) is 22.1 Å². The molecule has 2 nitrogen and oxygen atoms in total. The van der Waals surface area contributed by atoms with Crippen molar-refractivity contribution in [3.63, 3.8) is 0 Å². The summed E-state index contributed by atoms with van der Waals surface area (Å²) in [4.78, 5) is 5.85. The van der Waals surface area contributed by atoms with Gasteiger partial charge in [-0.2, -0.15) is 0 Å². The first-order chi connectivity index (χ1) is 11.1. The van der Waals surface area contributed by atoms with E-state index in [4.69, 9.17) is 4.74 Å². The summed E-state index contributed by atoms with van der Waals surface area (Å²) < 4.78 is 8.00. The Morgan fingerprint density at radius 2 is 1.52 bits per heavy atom. The maximum atomic E-state index is 5.84. The first-order valence-corrected chi connectivity index (χ1v) is 9.56. The molecule has 0 saturated heterocycles. The molecule has 1 aromatic heterocycles. The second-order valence-corrected chi connectivity index (χ2v) is 8.07. The maximum absolute atomic E-state index is 5.84. The number of nitrogens with zero attached hydrogens (tertiary/aromatic N) is 1. The molecule has 0 spiro atoms. The van der Waals surface area contributed by atoms with Crippen LogP contribution in [0.5, 0.6) is 0 Å². The SMILES string of the molecule is Cc1nc(-c2ccc(Br)cc2)sc1COCc1ccc(Br)cc1. The van der Waals surface area contributed by atoms with Crippen molar-refractivity contribution in [3.05, 3.63) is 73.6 Å². The average molecular weight is 453 g/mol. The molecule has 0 aliphatic heterocycles. The molecule has 0 bridgehead atoms. The summed E-state index contributed by atoms with van der Waals surface area (Å²) >= 11 is 8.59. The smallest absolute Gasteiger partial charge is 0.123 e. The van der Waals surface area contributed by atoms with E-state index in [2.05, 4.69) is 61.1 Å². The lowest BCUT2D eigenvalue weighted by atomic mass is 10.2. The highest BCUT2D eigenvalue weighted by molar-refractivity contribution is 9.10. The first-order valence-electron chi connectivity index (χ1n) is 7.16. The lowest BCUT2D eigenvalue weighted by molar-refractivity contribution is 0.109. The van der Waals surface area contributed by atoms with Crippen LogP contribution in [0.25, 0.3) is 10.6 Å². The minimum absolute atomic E-state index is 0.593. The molecule has 0 N–H and O–H groups in total. The largest absolute Gasteiger partial charge is 0.371 e. The third-order valence-corrected chi connectivity index (χ3v) is 5.64. The van der Waals surface area contributed by atoms with Crippen LogP contribution in [0.1, 0.15) is 16.1 Å². The summed E-state index contributed by atoms with van der Waals surface area (Å²) in [6.07, 6.45) is 0. The highest BCUT2D eigenvalue weighted by Crippen LogP contribution is 2.29. The summed E-state index contributed by atoms with van der Waals surface area (Å²) in [5, 5.41) is 1.04. The standard InChI is InChI=1S/C18H15Br2NOS/c1-12-17(11-22-10-13-2-6-15(19)7-3-13)23-18(21-12)14-4-8-16(20)9-5-14/h2-9H,10-11H2,1H3. The number of hydrogen-bond acceptors (Lipinski definition) is 3. The van der Waals surface area contributed by atoms with Crippen LogP contribution in [-0.2, 0) is 18.0 Å². The number of benzene rings is 2. The Morgan fingerprint density at radius 1 is 0.913 bits per heavy atom. The molecule has 0 amide bonds. The lowest BCUT2D eigenvalue weighted by Gasteiger charge is -2.03. The molecule has 5 heteroatoms. The predicted molar refractivity (Wildman–Crippen MR) is 103 cm³/mol. The summed E-state index contributed by atoms with van der Waals surface area (Å²) in [5.74, 6) is 0. The Balaban J connectivity index is 1.64. The van der Waals surface area contributed by atoms with Gasteiger partial charge in [0.15, 0.2) is 0 Å². The van der Waals surface area contributed by atoms with Gasteiger partial charge in [-0.05, 0) is 36.8 Å². The summed E-state index contributed by atoms with van der Waals surface area (Å²) in [6, 6.07) is 16.4. The third-order valence-electron chi connectivity index (χ3n) is 3.40. The zero-order valence-corrected chi connectivity index (χ0v) is 16.5. The van der Waals surface area contributed by atoms with E-state index in [1.807, 2.05) is 31.2 Å². The van der Waals surface area contributed by atoms with Crippen LogP contribution in [0.2, 0.25) is 0 Å². The average Bonchev–Trinajstić information content (AvgIpc) is 2.91. The number of rotatable bonds is 5. The van der Waals surface area contributed by atoms with E-state index in [1.165, 1.54) is 10.4 Å². The number of halogens is 2. The molecule has 0 saturated carbocycles. The second kappa shape index (κ2) is 7.71. The van der Waals surface area contributed by atoms with Crippen LogP contribution in [0.4, 0.5) is 0 Å². The Labute approximate surface area is 156 Å². The van der Waals surface area contributed by atoms with Gasteiger partial charge in [0.1, 0.15) is 5.01 Å². The molecule has 23 heavy (non-hydrogen) atoms. The van der Waals surface area contributed by atoms with Gasteiger partial charge in [-0.15, -0.1) is 11.3 Å². The molecule has 0 fully saturated rings. The van der Waals surface area contributed by atoms with Crippen LogP contribution in [-0.4, -0.2) is 4.98 Å². The normalized spacial score (nSPS) is 10.9. The molecular formula is C18H15Br2NOS. The van der Waals surface area contributed by atoms with Crippen LogP contribution in [0.3, 0.4) is 0 Å². The van der Waals surface area contributed by atoms with Crippen LogP contribution < -0.4 is 0 Å². The molecule has 0 atom stereocenters. The molecule has 0 unspecified atom stereocenters. The van der Waals surface area contributed by atoms with Crippen molar-refractivity contribution in [2.45, 2.75) is 20.1 Å². The van der Waals surface area contributed by atoms with E-state index < -0.39 is 0 Å². The second-order valence-electron chi connectivity index (χ2n) is 5.15. The Kier molecular flexibility index (Phi) is 5.64. The van der Waals surface area contributed by atoms with Crippen LogP contribution in [0, 0.1) is 6.92 Å². The number of hydrogen-bond donors (Lipinski definition) is 0. The van der Waals surface area contributed by atoms with Crippen molar-refractivity contribution in [1.82, 2.24) is 4.98 Å². The minimum atomic E-state index is 0.593. The van der Waals surface area contributed by atoms with Gasteiger partial charge in [-0.3, -0.25) is 0 Å². The highest BCUT2D eigenvalue weighted by atomic mass is 79.9. The minimum Gasteiger partial charge on any atom is -0.371 e. The van der Waals surface area contributed by atoms with Gasteiger partial charge in [-0.25, -0.2) is 4.98 Å². The number of aromatic nitrogens is 1. The Bertz CT molecular complexity index is 782. The third kappa shape index (κ3) is 4.51. The molecule has 118 valence electrons. The lowest BCUT2D eigenvalue weighted by Crippen LogP contribution is -1.93. The molecule has 0 aliphatic rings. The quantitative estimate of drug-likeness (QED) is 0.449. The van der Waals surface area contributed by atoms with E-state index in [0.717, 1.165) is 25.2 Å². The van der Waals surface area contributed by atoms with E-state index in [1.54, 1.807) is 11.3 Å². The Hall–Kier alpha value is -1.01. The highest BCUT2D eigenvalue weighted by Gasteiger charge is 2.09. The van der Waals surface area contributed by atoms with Gasteiger partial charge >= 0.3 is 0 Å². The number of ether oxygens (including phenoxy) is 1. The van der Waals surface area contributed by atoms with Crippen molar-refractivity contribution in [1.29, 1.82) is 0 Å². The zero-order valence-electron chi connectivity index (χ0n) is 12.6. The van der Waals surface area contributed by atoms with Gasteiger partial charge in [0.05, 0.1) is 23.8 Å². The zero-order chi connectivity index (χ0) is 16.2. The molecule has 0 radical (unpaired) electrons. The molecule has 3 aromatic rings. The van der Waals surface area contributed by atoms with Crippen molar-refractivity contribution in [2.75, 3.05) is 0 Å². The summed E-state index contributed by atoms with van der Waals surface area (Å²) in [7, 11) is 0. The van der Waals surface area contributed by atoms with Crippen molar-refractivity contribution < 1.29 is 4.74 Å². The van der Waals surface area contributed by atoms with Gasteiger partial charge in [-0.1, -0.05) is 56.1 Å². The van der Waals surface area contributed by atoms with Crippen molar-refractivity contribution in [3.8, 4) is 10.6 Å². The van der Waals surface area contributed by atoms with E-state index in [9.17, 15) is 0 Å². The van der Waals surface area contributed by atoms with Gasteiger partial charge < -0.3 is 4.74 Å². The van der Waals surface area contributed by atoms with E-state index in [0.29, 0.717) is 13.2 Å². The van der Waals surface area contributed by atoms with Crippen LogP contribution >= 0.6 is 43.2 Å². The van der Waals surface area contributed by atoms with Gasteiger partial charge in [0, 0.05) is 14.5 Å². The van der Waals surface area contributed by atoms with Crippen LogP contribution in [0.15, 0.2) is 57.5 Å². The number of thiazole rings is 1. The fourth-order valence-corrected chi connectivity index (χ4v) is 3.65. The predicted octanol–water partition coefficient (Wildman–Crippen LogP) is 6.36. The van der Waals surface area contributed by atoms with Gasteiger partial charge in [0.25, 0.3) is 0 Å². The van der Waals surface area contributed by atoms with Crippen molar-refractivity contribution >= 4 is 43.2 Å². The molecule has 0 aliphatic carbocycles. The van der Waals surface area contributed by atoms with Crippen molar-refractivity contribution in [2.24, 2.45) is 0 Å². The van der Waals surface area contributed by atoms with E-state index in [-0.39, 0.29) is 0 Å². The molecule has 1 heterocycles. The summed E-state index contributed by atoms with van der Waals surface area (Å²) in [6.45, 7) is 3.24. The number of aryl methyl sites for hydroxylation is 1. The molecule has 2 aromatic carbocycles. The fraction of sp³-hybridized carbons (Fsp3) is 0.167. The Morgan fingerprint density at radius 3 is 2.17 bits per heavy atom. The monoisotopic (exact) mass is 451 g/mol. The maximum Gasteiger partial charge on any atom is 0.123 e. The molecule has 3 rings (SSSR count). The first kappa shape index (κ1) is 16.8.